The summed E-state index contributed by atoms with van der Waals surface area (Å²) in [6.45, 7) is 1.67. The first-order valence-corrected chi connectivity index (χ1v) is 11.0. The van der Waals surface area contributed by atoms with E-state index in [-0.39, 0.29) is 34.7 Å². The van der Waals surface area contributed by atoms with Gasteiger partial charge in [0.25, 0.3) is 0 Å². The number of sulfonamides is 1. The van der Waals surface area contributed by atoms with Gasteiger partial charge in [-0.15, -0.1) is 0 Å². The number of nitrogens with one attached hydrogen (secondary N) is 3. The molecule has 0 unspecified atom stereocenters. The Balaban J connectivity index is 1.41. The van der Waals surface area contributed by atoms with Crippen LogP contribution in [0.15, 0.2) is 27.9 Å². The Labute approximate surface area is 168 Å². The van der Waals surface area contributed by atoms with E-state index in [2.05, 4.69) is 19.6 Å². The molecule has 29 heavy (non-hydrogen) atoms. The topological polar surface area (TPSA) is 128 Å². The lowest BCUT2D eigenvalue weighted by Gasteiger charge is -2.35. The number of hydrogen-bond acceptors (Lipinski definition) is 6. The molecule has 11 heteroatoms. The van der Waals surface area contributed by atoms with Crippen molar-refractivity contribution in [3.8, 4) is 0 Å². The van der Waals surface area contributed by atoms with Gasteiger partial charge in [0.15, 0.2) is 0 Å². The van der Waals surface area contributed by atoms with E-state index in [1.807, 2.05) is 0 Å². The molecule has 2 fully saturated rings. The summed E-state index contributed by atoms with van der Waals surface area (Å²) in [6, 6.07) is 4.39. The van der Waals surface area contributed by atoms with Crippen molar-refractivity contribution >= 4 is 27.0 Å². The number of aromatic amines is 2. The summed E-state index contributed by atoms with van der Waals surface area (Å²) in [7, 11) is -0.292. The van der Waals surface area contributed by atoms with Gasteiger partial charge in [-0.25, -0.2) is 17.9 Å². The molecule has 2 aliphatic heterocycles. The van der Waals surface area contributed by atoms with Crippen LogP contribution >= 0.6 is 0 Å². The van der Waals surface area contributed by atoms with Crippen LogP contribution in [0.2, 0.25) is 0 Å². The third-order valence-electron chi connectivity index (χ3n) is 5.51. The van der Waals surface area contributed by atoms with Gasteiger partial charge in [-0.3, -0.25) is 9.69 Å². The molecule has 10 nitrogen and oxygen atoms in total. The van der Waals surface area contributed by atoms with Crippen molar-refractivity contribution < 1.29 is 17.9 Å². The number of amides is 1. The second kappa shape index (κ2) is 7.56. The molecule has 3 heterocycles. The molecule has 1 amide bonds. The van der Waals surface area contributed by atoms with Gasteiger partial charge >= 0.3 is 5.69 Å². The average molecular weight is 423 g/mol. The number of ether oxygens (including phenoxy) is 1. The van der Waals surface area contributed by atoms with Crippen molar-refractivity contribution in [1.29, 1.82) is 0 Å². The number of aromatic nitrogens is 2. The summed E-state index contributed by atoms with van der Waals surface area (Å²) in [5.74, 6) is 0.0168. The number of carbonyl (C=O) groups is 1. The summed E-state index contributed by atoms with van der Waals surface area (Å²) in [4.78, 5) is 32.3. The number of rotatable bonds is 5. The highest BCUT2D eigenvalue weighted by molar-refractivity contribution is 7.89. The van der Waals surface area contributed by atoms with Crippen molar-refractivity contribution in [3.05, 3.63) is 28.7 Å². The molecule has 2 aromatic rings. The minimum atomic E-state index is -3.73. The second-order valence-corrected chi connectivity index (χ2v) is 9.61. The molecule has 2 aliphatic rings. The van der Waals surface area contributed by atoms with Gasteiger partial charge in [0.1, 0.15) is 0 Å². The van der Waals surface area contributed by atoms with Gasteiger partial charge in [0, 0.05) is 39.3 Å². The first-order chi connectivity index (χ1) is 13.7. The molecule has 4 rings (SSSR count). The summed E-state index contributed by atoms with van der Waals surface area (Å²) in [6.07, 6.45) is 0.794. The number of hydrogen-bond donors (Lipinski definition) is 3. The maximum absolute atomic E-state index is 12.8. The molecule has 3 atom stereocenters. The fourth-order valence-electron chi connectivity index (χ4n) is 4.00. The van der Waals surface area contributed by atoms with Gasteiger partial charge in [0.2, 0.25) is 15.9 Å². The van der Waals surface area contributed by atoms with Crippen molar-refractivity contribution in [2.75, 3.05) is 33.8 Å². The van der Waals surface area contributed by atoms with E-state index in [4.69, 9.17) is 4.74 Å². The van der Waals surface area contributed by atoms with Gasteiger partial charge < -0.3 is 19.6 Å². The number of fused-ring (bicyclic) bond motifs is 2. The van der Waals surface area contributed by atoms with Gasteiger partial charge in [-0.1, -0.05) is 0 Å². The maximum atomic E-state index is 12.8. The van der Waals surface area contributed by atoms with Crippen molar-refractivity contribution in [3.63, 3.8) is 0 Å². The maximum Gasteiger partial charge on any atom is 0.323 e. The van der Waals surface area contributed by atoms with Crippen LogP contribution in [0.5, 0.6) is 0 Å². The predicted molar refractivity (Wildman–Crippen MR) is 106 cm³/mol. The summed E-state index contributed by atoms with van der Waals surface area (Å²) in [5.41, 5.74) is 0.628. The molecule has 3 N–H and O–H groups in total. The molecule has 158 valence electrons. The van der Waals surface area contributed by atoms with E-state index in [9.17, 15) is 18.0 Å². The van der Waals surface area contributed by atoms with Crippen molar-refractivity contribution in [1.82, 2.24) is 24.5 Å². The highest BCUT2D eigenvalue weighted by atomic mass is 32.2. The Morgan fingerprint density at radius 1 is 1.28 bits per heavy atom. The SMILES string of the molecule is CN(C)C(=O)C[C@H]1CN2C[C@@H](NS(=O)(=O)c3ccc4[nH]c(=O)[nH]c4c3)C[C@H]2CO1. The molecule has 1 aromatic carbocycles. The van der Waals surface area contributed by atoms with E-state index in [0.717, 1.165) is 0 Å². The molecule has 0 spiro atoms. The van der Waals surface area contributed by atoms with E-state index in [1.165, 1.54) is 12.1 Å². The van der Waals surface area contributed by atoms with Gasteiger partial charge in [0.05, 0.1) is 35.1 Å². The highest BCUT2D eigenvalue weighted by Gasteiger charge is 2.39. The van der Waals surface area contributed by atoms with Gasteiger partial charge in [-0.2, -0.15) is 0 Å². The van der Waals surface area contributed by atoms with Crippen LogP contribution in [0.25, 0.3) is 11.0 Å². The molecule has 0 radical (unpaired) electrons. The number of benzene rings is 1. The van der Waals surface area contributed by atoms with E-state index in [1.54, 1.807) is 25.1 Å². The molecule has 0 aliphatic carbocycles. The van der Waals surface area contributed by atoms with E-state index >= 15 is 0 Å². The Bertz CT molecular complexity index is 1080. The van der Waals surface area contributed by atoms with Crippen molar-refractivity contribution in [2.24, 2.45) is 0 Å². The van der Waals surface area contributed by atoms with Gasteiger partial charge in [-0.05, 0) is 24.6 Å². The fraction of sp³-hybridized carbons (Fsp3) is 0.556. The Morgan fingerprint density at radius 2 is 2.03 bits per heavy atom. The summed E-state index contributed by atoms with van der Waals surface area (Å²) in [5, 5.41) is 0. The van der Waals surface area contributed by atoms with Crippen LogP contribution in [0.3, 0.4) is 0 Å². The predicted octanol–water partition coefficient (Wildman–Crippen LogP) is -0.545. The quantitative estimate of drug-likeness (QED) is 0.592. The lowest BCUT2D eigenvalue weighted by molar-refractivity contribution is -0.134. The number of imidazole rings is 1. The Morgan fingerprint density at radius 3 is 2.79 bits per heavy atom. The fourth-order valence-corrected chi connectivity index (χ4v) is 5.26. The van der Waals surface area contributed by atoms with Crippen LogP contribution in [0.1, 0.15) is 12.8 Å². The highest BCUT2D eigenvalue weighted by Crippen LogP contribution is 2.26. The first-order valence-electron chi connectivity index (χ1n) is 9.51. The molecule has 0 saturated carbocycles. The van der Waals surface area contributed by atoms with Crippen LogP contribution in [0.4, 0.5) is 0 Å². The number of nitrogens with zero attached hydrogens (tertiary/aromatic N) is 2. The normalized spacial score (nSPS) is 25.2. The monoisotopic (exact) mass is 423 g/mol. The van der Waals surface area contributed by atoms with Crippen LogP contribution < -0.4 is 10.4 Å². The first kappa shape index (κ1) is 20.1. The van der Waals surface area contributed by atoms with Crippen molar-refractivity contribution in [2.45, 2.75) is 35.9 Å². The molecule has 2 saturated heterocycles. The zero-order chi connectivity index (χ0) is 20.8. The van der Waals surface area contributed by atoms with Crippen LogP contribution in [-0.2, 0) is 19.6 Å². The summed E-state index contributed by atoms with van der Waals surface area (Å²) < 4.78 is 34.2. The zero-order valence-corrected chi connectivity index (χ0v) is 17.2. The number of carbonyl (C=O) groups excluding carboxylic acids is 1. The average Bonchev–Trinajstić information content (AvgIpc) is 3.21. The molecular formula is C18H25N5O5S. The number of morpholine rings is 1. The third-order valence-corrected chi connectivity index (χ3v) is 7.03. The lowest BCUT2D eigenvalue weighted by Crippen LogP contribution is -2.47. The number of H-pyrrole nitrogens is 2. The zero-order valence-electron chi connectivity index (χ0n) is 16.3. The van der Waals surface area contributed by atoms with Crippen LogP contribution in [0, 0.1) is 0 Å². The van der Waals surface area contributed by atoms with Crippen LogP contribution in [-0.4, -0.2) is 86.1 Å². The minimum absolute atomic E-state index is 0.0168. The Kier molecular flexibility index (Phi) is 5.23. The smallest absolute Gasteiger partial charge is 0.323 e. The lowest BCUT2D eigenvalue weighted by atomic mass is 10.1. The van der Waals surface area contributed by atoms with E-state index in [0.29, 0.717) is 43.6 Å². The summed E-state index contributed by atoms with van der Waals surface area (Å²) >= 11 is 0. The standard InChI is InChI=1S/C18H25N5O5S/c1-22(2)17(24)6-13-9-23-8-11(5-12(23)10-28-13)21-29(26,27)14-3-4-15-16(7-14)20-18(25)19-15/h3-4,7,11-13,21H,5-6,8-10H2,1-2H3,(H2,19,20,25)/t11-,12-,13-/m0/s1. The second-order valence-electron chi connectivity index (χ2n) is 7.90. The largest absolute Gasteiger partial charge is 0.375 e. The third kappa shape index (κ3) is 4.22. The molecule has 1 aromatic heterocycles. The molecular weight excluding hydrogens is 398 g/mol. The molecule has 0 bridgehead atoms. The Hall–Kier alpha value is -2.21. The minimum Gasteiger partial charge on any atom is -0.375 e. The van der Waals surface area contributed by atoms with E-state index < -0.39 is 10.0 Å².